The molecule has 1 atom stereocenters. The number of hydrogen-bond donors (Lipinski definition) is 1. The number of sulfone groups is 1. The zero-order valence-electron chi connectivity index (χ0n) is 21.6. The number of benzene rings is 3. The van der Waals surface area contributed by atoms with Gasteiger partial charge >= 0.3 is 12.1 Å². The van der Waals surface area contributed by atoms with Crippen LogP contribution in [0.5, 0.6) is 0 Å². The van der Waals surface area contributed by atoms with Gasteiger partial charge in [0.2, 0.25) is 0 Å². The highest BCUT2D eigenvalue weighted by atomic mass is 32.2. The van der Waals surface area contributed by atoms with Crippen LogP contribution < -0.4 is 5.32 Å². The van der Waals surface area contributed by atoms with E-state index >= 15 is 0 Å². The first-order chi connectivity index (χ1) is 18.0. The van der Waals surface area contributed by atoms with Crippen molar-refractivity contribution < 1.29 is 27.5 Å². The van der Waals surface area contributed by atoms with Crippen molar-refractivity contribution in [3.63, 3.8) is 0 Å². The summed E-state index contributed by atoms with van der Waals surface area (Å²) >= 11 is 0. The van der Waals surface area contributed by atoms with Crippen LogP contribution in [0.25, 0.3) is 11.1 Å². The number of fused-ring (bicyclic) bond motifs is 3. The molecule has 0 saturated carbocycles. The summed E-state index contributed by atoms with van der Waals surface area (Å²) in [5.74, 6) is -0.713. The molecule has 0 aromatic heterocycles. The molecule has 0 unspecified atom stereocenters. The minimum Gasteiger partial charge on any atom is -0.460 e. The molecule has 0 saturated heterocycles. The smallest absolute Gasteiger partial charge is 0.407 e. The second kappa shape index (κ2) is 11.2. The number of alkyl carbamates (subject to hydrolysis) is 1. The van der Waals surface area contributed by atoms with E-state index in [2.05, 4.69) is 5.32 Å². The number of carbonyl (C=O) groups excluding carboxylic acids is 2. The molecule has 3 aromatic rings. The molecule has 1 aliphatic carbocycles. The number of nitrogens with one attached hydrogen (secondary N) is 1. The van der Waals surface area contributed by atoms with E-state index in [-0.39, 0.29) is 23.8 Å². The van der Waals surface area contributed by atoms with Gasteiger partial charge in [0, 0.05) is 11.3 Å². The minimum atomic E-state index is -3.78. The Hall–Kier alpha value is -3.91. The van der Waals surface area contributed by atoms with Crippen LogP contribution >= 0.6 is 0 Å². The van der Waals surface area contributed by atoms with Crippen molar-refractivity contribution in [2.45, 2.75) is 49.6 Å². The van der Waals surface area contributed by atoms with Gasteiger partial charge in [0.1, 0.15) is 12.2 Å². The Bertz CT molecular complexity index is 1400. The summed E-state index contributed by atoms with van der Waals surface area (Å²) < 4.78 is 36.4. The first-order valence-electron chi connectivity index (χ1n) is 12.4. The van der Waals surface area contributed by atoms with Gasteiger partial charge in [-0.25, -0.2) is 13.2 Å². The van der Waals surface area contributed by atoms with Gasteiger partial charge in [-0.3, -0.25) is 4.79 Å². The van der Waals surface area contributed by atoms with E-state index < -0.39 is 33.5 Å². The molecule has 0 bridgehead atoms. The summed E-state index contributed by atoms with van der Waals surface area (Å²) in [5, 5.41) is 3.60. The van der Waals surface area contributed by atoms with E-state index in [0.717, 1.165) is 27.7 Å². The summed E-state index contributed by atoms with van der Waals surface area (Å²) in [6.07, 6.45) is 0.248. The van der Waals surface area contributed by atoms with Gasteiger partial charge < -0.3 is 14.8 Å². The van der Waals surface area contributed by atoms with Crippen molar-refractivity contribution in [1.29, 1.82) is 0 Å². The summed E-state index contributed by atoms with van der Waals surface area (Å²) in [7, 11) is -3.78. The molecule has 0 radical (unpaired) electrons. The first-order valence-corrected chi connectivity index (χ1v) is 13.9. The monoisotopic (exact) mass is 533 g/mol. The molecule has 1 amide bonds. The van der Waals surface area contributed by atoms with E-state index in [9.17, 15) is 18.0 Å². The number of esters is 1. The van der Waals surface area contributed by atoms with Crippen LogP contribution in [0.3, 0.4) is 0 Å². The molecule has 4 rings (SSSR count). The summed E-state index contributed by atoms with van der Waals surface area (Å²) in [4.78, 5) is 25.4. The third kappa shape index (κ3) is 6.69. The molecular weight excluding hydrogens is 502 g/mol. The molecule has 198 valence electrons. The Balaban J connectivity index is 1.48. The highest BCUT2D eigenvalue weighted by Gasteiger charge is 2.29. The fourth-order valence-electron chi connectivity index (χ4n) is 4.41. The van der Waals surface area contributed by atoms with Crippen LogP contribution in [-0.4, -0.2) is 38.7 Å². The van der Waals surface area contributed by atoms with E-state index in [0.29, 0.717) is 0 Å². The predicted octanol–water partition coefficient (Wildman–Crippen LogP) is 5.61. The molecule has 8 heteroatoms. The van der Waals surface area contributed by atoms with Crippen LogP contribution in [-0.2, 0) is 24.1 Å². The van der Waals surface area contributed by atoms with Gasteiger partial charge in [-0.1, -0.05) is 66.7 Å². The summed E-state index contributed by atoms with van der Waals surface area (Å²) in [6, 6.07) is 22.9. The SMILES string of the molecule is CC(C)(C)OC(=O)C[C@@H](/C=C/S(=O)(=O)c1ccccc1)NC(=O)OCC1c2ccccc2-c2ccccc21. The fraction of sp³-hybridized carbons (Fsp3) is 0.267. The van der Waals surface area contributed by atoms with Crippen LogP contribution in [0, 0.1) is 0 Å². The molecule has 38 heavy (non-hydrogen) atoms. The van der Waals surface area contributed by atoms with Gasteiger partial charge in [-0.05, 0) is 61.2 Å². The number of amides is 1. The molecule has 3 aromatic carbocycles. The van der Waals surface area contributed by atoms with Crippen molar-refractivity contribution >= 4 is 21.9 Å². The summed E-state index contributed by atoms with van der Waals surface area (Å²) in [6.45, 7) is 5.28. The topological polar surface area (TPSA) is 98.8 Å². The molecular formula is C30H31NO6S. The zero-order chi connectivity index (χ0) is 27.3. The molecule has 1 N–H and O–H groups in total. The Labute approximate surface area is 223 Å². The lowest BCUT2D eigenvalue weighted by Crippen LogP contribution is -2.37. The lowest BCUT2D eigenvalue weighted by molar-refractivity contribution is -0.155. The largest absolute Gasteiger partial charge is 0.460 e. The molecule has 1 aliphatic rings. The molecule has 7 nitrogen and oxygen atoms in total. The molecule has 0 aliphatic heterocycles. The highest BCUT2D eigenvalue weighted by molar-refractivity contribution is 7.94. The average molecular weight is 534 g/mol. The van der Waals surface area contributed by atoms with Gasteiger partial charge in [-0.2, -0.15) is 0 Å². The van der Waals surface area contributed by atoms with Crippen LogP contribution in [0.4, 0.5) is 4.79 Å². The lowest BCUT2D eigenvalue weighted by Gasteiger charge is -2.22. The Morgan fingerprint density at radius 3 is 2.03 bits per heavy atom. The normalized spacial score (nSPS) is 14.0. The quantitative estimate of drug-likeness (QED) is 0.378. The van der Waals surface area contributed by atoms with E-state index in [4.69, 9.17) is 9.47 Å². The maximum absolute atomic E-state index is 12.8. The van der Waals surface area contributed by atoms with E-state index in [1.165, 1.54) is 18.2 Å². The minimum absolute atomic E-state index is 0.0883. The Morgan fingerprint density at radius 1 is 0.895 bits per heavy atom. The lowest BCUT2D eigenvalue weighted by atomic mass is 9.98. The Kier molecular flexibility index (Phi) is 8.02. The fourth-order valence-corrected chi connectivity index (χ4v) is 5.50. The average Bonchev–Trinajstić information content (AvgIpc) is 3.19. The van der Waals surface area contributed by atoms with Gasteiger partial charge in [0.05, 0.1) is 17.4 Å². The van der Waals surface area contributed by atoms with E-state index in [1.54, 1.807) is 39.0 Å². The standard InChI is InChI=1S/C30H31NO6S/c1-30(2,3)37-28(32)19-21(17-18-38(34,35)22-11-5-4-6-12-22)31-29(33)36-20-27-25-15-9-7-13-23(25)24-14-8-10-16-26(24)27/h4-18,21,27H,19-20H2,1-3H3,(H,31,33)/b18-17+/t21-/m1/s1. The molecule has 0 heterocycles. The van der Waals surface area contributed by atoms with Crippen molar-refractivity contribution in [2.75, 3.05) is 6.61 Å². The van der Waals surface area contributed by atoms with Gasteiger partial charge in [0.25, 0.3) is 0 Å². The maximum atomic E-state index is 12.8. The number of rotatable bonds is 8. The van der Waals surface area contributed by atoms with Crippen LogP contribution in [0.15, 0.2) is 95.2 Å². The highest BCUT2D eigenvalue weighted by Crippen LogP contribution is 2.44. The second-order valence-corrected chi connectivity index (χ2v) is 11.9. The van der Waals surface area contributed by atoms with E-state index in [1.807, 2.05) is 48.5 Å². The third-order valence-electron chi connectivity index (χ3n) is 6.02. The van der Waals surface area contributed by atoms with Crippen LogP contribution in [0.2, 0.25) is 0 Å². The number of hydrogen-bond acceptors (Lipinski definition) is 6. The zero-order valence-corrected chi connectivity index (χ0v) is 22.4. The predicted molar refractivity (Wildman–Crippen MR) is 145 cm³/mol. The van der Waals surface area contributed by atoms with Crippen molar-refractivity contribution in [3.05, 3.63) is 101 Å². The van der Waals surface area contributed by atoms with Crippen molar-refractivity contribution in [1.82, 2.24) is 5.32 Å². The third-order valence-corrected chi connectivity index (χ3v) is 7.46. The number of carbonyl (C=O) groups is 2. The van der Waals surface area contributed by atoms with Crippen molar-refractivity contribution in [3.8, 4) is 11.1 Å². The van der Waals surface area contributed by atoms with Gasteiger partial charge in [0.15, 0.2) is 9.84 Å². The van der Waals surface area contributed by atoms with Crippen LogP contribution in [0.1, 0.15) is 44.2 Å². The van der Waals surface area contributed by atoms with Gasteiger partial charge in [-0.15, -0.1) is 0 Å². The Morgan fingerprint density at radius 2 is 1.45 bits per heavy atom. The molecule has 0 fully saturated rings. The summed E-state index contributed by atoms with van der Waals surface area (Å²) in [5.41, 5.74) is 3.62. The molecule has 0 spiro atoms. The maximum Gasteiger partial charge on any atom is 0.407 e. The number of ether oxygens (including phenoxy) is 2. The first kappa shape index (κ1) is 27.1. The second-order valence-electron chi connectivity index (χ2n) is 10.1. The van der Waals surface area contributed by atoms with Crippen molar-refractivity contribution in [2.24, 2.45) is 0 Å².